The first-order valence-electron chi connectivity index (χ1n) is 6.15. The molecule has 0 aromatic rings. The van der Waals surface area contributed by atoms with Gasteiger partial charge < -0.3 is 14.7 Å². The lowest BCUT2D eigenvalue weighted by Crippen LogP contribution is -2.40. The Hall–Kier alpha value is -0.120. The molecule has 1 heterocycles. The molecular formula is C12H23NO2. The molecule has 1 aliphatic heterocycles. The predicted octanol–water partition coefficient (Wildman–Crippen LogP) is 1.26. The van der Waals surface area contributed by atoms with Gasteiger partial charge in [0.2, 0.25) is 0 Å². The van der Waals surface area contributed by atoms with Crippen molar-refractivity contribution in [1.82, 2.24) is 4.90 Å². The fraction of sp³-hybridized carbons (Fsp3) is 1.00. The van der Waals surface area contributed by atoms with Crippen molar-refractivity contribution < 1.29 is 9.84 Å². The summed E-state index contributed by atoms with van der Waals surface area (Å²) >= 11 is 0. The summed E-state index contributed by atoms with van der Waals surface area (Å²) in [5.74, 6) is 0.681. The molecule has 1 saturated carbocycles. The van der Waals surface area contributed by atoms with Gasteiger partial charge >= 0.3 is 0 Å². The summed E-state index contributed by atoms with van der Waals surface area (Å²) in [5, 5.41) is 10.3. The highest BCUT2D eigenvalue weighted by atomic mass is 16.5. The van der Waals surface area contributed by atoms with Gasteiger partial charge in [-0.25, -0.2) is 0 Å². The van der Waals surface area contributed by atoms with Gasteiger partial charge in [-0.3, -0.25) is 0 Å². The Morgan fingerprint density at radius 3 is 2.80 bits per heavy atom. The van der Waals surface area contributed by atoms with Crippen molar-refractivity contribution in [2.45, 2.75) is 37.7 Å². The second kappa shape index (κ2) is 4.81. The molecule has 1 saturated heterocycles. The third-order valence-electron chi connectivity index (χ3n) is 3.82. The molecule has 2 fully saturated rings. The summed E-state index contributed by atoms with van der Waals surface area (Å²) in [5.41, 5.74) is -0.373. The van der Waals surface area contributed by atoms with E-state index in [1.165, 1.54) is 19.3 Å². The van der Waals surface area contributed by atoms with Crippen LogP contribution in [0.1, 0.15) is 32.1 Å². The van der Waals surface area contributed by atoms with Crippen molar-refractivity contribution in [2.24, 2.45) is 5.92 Å². The summed E-state index contributed by atoms with van der Waals surface area (Å²) in [6, 6.07) is 0. The molecule has 2 aliphatic rings. The average Bonchev–Trinajstić information content (AvgIpc) is 2.77. The highest BCUT2D eigenvalue weighted by molar-refractivity contribution is 4.89. The number of likely N-dealkylation sites (tertiary alicyclic amines) is 1. The van der Waals surface area contributed by atoms with Gasteiger partial charge in [0.15, 0.2) is 0 Å². The van der Waals surface area contributed by atoms with E-state index in [9.17, 15) is 5.11 Å². The molecule has 1 unspecified atom stereocenters. The molecule has 0 radical (unpaired) electrons. The van der Waals surface area contributed by atoms with Crippen molar-refractivity contribution >= 4 is 0 Å². The quantitative estimate of drug-likeness (QED) is 0.763. The van der Waals surface area contributed by atoms with E-state index in [2.05, 4.69) is 4.90 Å². The third kappa shape index (κ3) is 2.92. The largest absolute Gasteiger partial charge is 0.389 e. The number of nitrogens with zero attached hydrogens (tertiary/aromatic N) is 1. The van der Waals surface area contributed by atoms with Crippen LogP contribution >= 0.6 is 0 Å². The normalized spacial score (nSPS) is 31.2. The fourth-order valence-corrected chi connectivity index (χ4v) is 3.04. The summed E-state index contributed by atoms with van der Waals surface area (Å²) in [7, 11) is 1.77. The number of β-amino-alcohol motifs (C(OH)–C–C–N with tert-alkyl or cyclic N) is 1. The highest BCUT2D eigenvalue weighted by Crippen LogP contribution is 2.31. The molecule has 15 heavy (non-hydrogen) atoms. The van der Waals surface area contributed by atoms with Crippen molar-refractivity contribution in [2.75, 3.05) is 33.4 Å². The van der Waals surface area contributed by atoms with E-state index in [0.717, 1.165) is 39.1 Å². The van der Waals surface area contributed by atoms with Gasteiger partial charge in [-0.15, -0.1) is 0 Å². The van der Waals surface area contributed by atoms with Gasteiger partial charge in [0.05, 0.1) is 12.2 Å². The third-order valence-corrected chi connectivity index (χ3v) is 3.82. The number of methoxy groups -OCH3 is 1. The lowest BCUT2D eigenvalue weighted by molar-refractivity contribution is 0.0138. The molecule has 1 aliphatic carbocycles. The predicted molar refractivity (Wildman–Crippen MR) is 59.8 cm³/mol. The van der Waals surface area contributed by atoms with Gasteiger partial charge in [-0.1, -0.05) is 12.8 Å². The first kappa shape index (κ1) is 11.4. The maximum Gasteiger partial charge on any atom is 0.0774 e. The molecule has 0 amide bonds. The zero-order valence-corrected chi connectivity index (χ0v) is 9.74. The van der Waals surface area contributed by atoms with Crippen LogP contribution in [0.25, 0.3) is 0 Å². The SMILES string of the molecule is COCC1CCN(CC2(O)CCCC2)C1. The van der Waals surface area contributed by atoms with Crippen LogP contribution in [0.4, 0.5) is 0 Å². The molecule has 2 rings (SSSR count). The first-order chi connectivity index (χ1) is 7.22. The van der Waals surface area contributed by atoms with E-state index >= 15 is 0 Å². The van der Waals surface area contributed by atoms with Gasteiger partial charge in [-0.2, -0.15) is 0 Å². The van der Waals surface area contributed by atoms with Crippen LogP contribution < -0.4 is 0 Å². The number of hydrogen-bond acceptors (Lipinski definition) is 3. The molecule has 88 valence electrons. The zero-order valence-electron chi connectivity index (χ0n) is 9.74. The van der Waals surface area contributed by atoms with Crippen molar-refractivity contribution in [3.8, 4) is 0 Å². The lowest BCUT2D eigenvalue weighted by Gasteiger charge is -2.28. The van der Waals surface area contributed by atoms with E-state index in [0.29, 0.717) is 5.92 Å². The average molecular weight is 213 g/mol. The minimum Gasteiger partial charge on any atom is -0.389 e. The van der Waals surface area contributed by atoms with Crippen LogP contribution in [0, 0.1) is 5.92 Å². The summed E-state index contributed by atoms with van der Waals surface area (Å²) < 4.78 is 5.18. The van der Waals surface area contributed by atoms with Crippen molar-refractivity contribution in [1.29, 1.82) is 0 Å². The number of hydrogen-bond donors (Lipinski definition) is 1. The monoisotopic (exact) mass is 213 g/mol. The van der Waals surface area contributed by atoms with Gasteiger partial charge in [0.25, 0.3) is 0 Å². The lowest BCUT2D eigenvalue weighted by atomic mass is 10.0. The molecule has 0 aromatic heterocycles. The van der Waals surface area contributed by atoms with E-state index in [-0.39, 0.29) is 5.60 Å². The van der Waals surface area contributed by atoms with Gasteiger partial charge in [-0.05, 0) is 31.7 Å². The molecule has 3 heteroatoms. The summed E-state index contributed by atoms with van der Waals surface area (Å²) in [6.07, 6.45) is 5.62. The van der Waals surface area contributed by atoms with Crippen LogP contribution in [0.5, 0.6) is 0 Å². The Bertz CT molecular complexity index is 202. The van der Waals surface area contributed by atoms with Crippen LogP contribution in [-0.2, 0) is 4.74 Å². The molecule has 0 spiro atoms. The Labute approximate surface area is 92.4 Å². The van der Waals surface area contributed by atoms with Crippen molar-refractivity contribution in [3.63, 3.8) is 0 Å². The maximum absolute atomic E-state index is 10.3. The second-order valence-electron chi connectivity index (χ2n) is 5.28. The number of aliphatic hydroxyl groups is 1. The fourth-order valence-electron chi connectivity index (χ4n) is 3.04. The smallest absolute Gasteiger partial charge is 0.0774 e. The van der Waals surface area contributed by atoms with Crippen LogP contribution in [0.2, 0.25) is 0 Å². The number of ether oxygens (including phenoxy) is 1. The Morgan fingerprint density at radius 1 is 1.40 bits per heavy atom. The van der Waals surface area contributed by atoms with E-state index in [1.807, 2.05) is 0 Å². The molecular weight excluding hydrogens is 190 g/mol. The zero-order chi connectivity index (χ0) is 10.7. The van der Waals surface area contributed by atoms with Crippen LogP contribution in [0.3, 0.4) is 0 Å². The molecule has 1 atom stereocenters. The van der Waals surface area contributed by atoms with Crippen LogP contribution in [0.15, 0.2) is 0 Å². The first-order valence-corrected chi connectivity index (χ1v) is 6.15. The standard InChI is InChI=1S/C12H23NO2/c1-15-9-11-4-7-13(8-11)10-12(14)5-2-3-6-12/h11,14H,2-10H2,1H3. The minimum absolute atomic E-state index is 0.373. The molecule has 0 aromatic carbocycles. The molecule has 3 nitrogen and oxygen atoms in total. The molecule has 0 bridgehead atoms. The Morgan fingerprint density at radius 2 is 2.13 bits per heavy atom. The van der Waals surface area contributed by atoms with Crippen molar-refractivity contribution in [3.05, 3.63) is 0 Å². The van der Waals surface area contributed by atoms with E-state index in [4.69, 9.17) is 4.74 Å². The minimum atomic E-state index is -0.373. The van der Waals surface area contributed by atoms with Gasteiger partial charge in [0.1, 0.15) is 0 Å². The Balaban J connectivity index is 1.76. The molecule has 1 N–H and O–H groups in total. The van der Waals surface area contributed by atoms with Crippen LogP contribution in [-0.4, -0.2) is 49.0 Å². The van der Waals surface area contributed by atoms with E-state index < -0.39 is 0 Å². The van der Waals surface area contributed by atoms with Gasteiger partial charge in [0, 0.05) is 20.2 Å². The summed E-state index contributed by atoms with van der Waals surface area (Å²) in [4.78, 5) is 2.41. The Kier molecular flexibility index (Phi) is 3.65. The van der Waals surface area contributed by atoms with E-state index in [1.54, 1.807) is 7.11 Å². The highest BCUT2D eigenvalue weighted by Gasteiger charge is 2.35. The second-order valence-corrected chi connectivity index (χ2v) is 5.28. The summed E-state index contributed by atoms with van der Waals surface area (Å²) in [6.45, 7) is 3.99. The topological polar surface area (TPSA) is 32.7 Å². The number of rotatable bonds is 4. The maximum atomic E-state index is 10.3.